The summed E-state index contributed by atoms with van der Waals surface area (Å²) in [5, 5.41) is 4.19. The molecule has 0 bridgehead atoms. The van der Waals surface area contributed by atoms with E-state index in [1.807, 2.05) is 39.2 Å². The van der Waals surface area contributed by atoms with Crippen LogP contribution in [-0.2, 0) is 0 Å². The Morgan fingerprint density at radius 2 is 2.17 bits per heavy atom. The Balaban J connectivity index is 0.000000771. The quantitative estimate of drug-likeness (QED) is 0.830. The van der Waals surface area contributed by atoms with E-state index in [-0.39, 0.29) is 0 Å². The third kappa shape index (κ3) is 2.56. The number of nitrogens with one attached hydrogen (secondary N) is 1. The summed E-state index contributed by atoms with van der Waals surface area (Å²) in [6.07, 6.45) is 5.46. The highest BCUT2D eigenvalue weighted by Gasteiger charge is 2.14. The van der Waals surface area contributed by atoms with E-state index in [1.165, 1.54) is 0 Å². The molecule has 0 radical (unpaired) electrons. The predicted octanol–water partition coefficient (Wildman–Crippen LogP) is 3.00. The lowest BCUT2D eigenvalue weighted by atomic mass is 10.2. The summed E-state index contributed by atoms with van der Waals surface area (Å²) in [5.74, 6) is 0.716. The van der Waals surface area contributed by atoms with Gasteiger partial charge in [0.15, 0.2) is 0 Å². The van der Waals surface area contributed by atoms with E-state index in [2.05, 4.69) is 26.8 Å². The molecule has 0 aliphatic heterocycles. The van der Waals surface area contributed by atoms with Gasteiger partial charge in [0.1, 0.15) is 5.82 Å². The first-order valence-corrected chi connectivity index (χ1v) is 5.89. The number of aliphatic imine (C=N–C) groups is 2. The Morgan fingerprint density at radius 1 is 1.44 bits per heavy atom. The maximum absolute atomic E-state index is 4.19. The van der Waals surface area contributed by atoms with Gasteiger partial charge in [0, 0.05) is 31.3 Å². The van der Waals surface area contributed by atoms with Crippen molar-refractivity contribution in [1.82, 2.24) is 14.8 Å². The Morgan fingerprint density at radius 3 is 2.67 bits per heavy atom. The van der Waals surface area contributed by atoms with Crippen LogP contribution in [0.25, 0.3) is 5.69 Å². The van der Waals surface area contributed by atoms with Gasteiger partial charge in [0.05, 0.1) is 11.3 Å². The minimum atomic E-state index is 0.716. The van der Waals surface area contributed by atoms with E-state index < -0.39 is 0 Å². The SMILES string of the molecule is C=Nc1[nH]cc(-n2cccn2)c1C(C)=NC.CC. The molecule has 96 valence electrons. The molecule has 18 heavy (non-hydrogen) atoms. The number of H-pyrrole nitrogens is 1. The van der Waals surface area contributed by atoms with Crippen molar-refractivity contribution < 1.29 is 0 Å². The van der Waals surface area contributed by atoms with Crippen molar-refractivity contribution in [2.75, 3.05) is 7.05 Å². The number of hydrogen-bond donors (Lipinski definition) is 1. The van der Waals surface area contributed by atoms with E-state index in [0.29, 0.717) is 5.82 Å². The second kappa shape index (κ2) is 6.54. The summed E-state index contributed by atoms with van der Waals surface area (Å²) in [5.41, 5.74) is 2.76. The number of nitrogens with zero attached hydrogens (tertiary/aromatic N) is 4. The van der Waals surface area contributed by atoms with Crippen LogP contribution in [0.15, 0.2) is 34.6 Å². The lowest BCUT2D eigenvalue weighted by molar-refractivity contribution is 0.880. The zero-order chi connectivity index (χ0) is 13.5. The topological polar surface area (TPSA) is 58.3 Å². The molecule has 0 atom stereocenters. The van der Waals surface area contributed by atoms with Crippen LogP contribution in [-0.4, -0.2) is 34.2 Å². The molecule has 1 N–H and O–H groups in total. The fourth-order valence-corrected chi connectivity index (χ4v) is 1.59. The van der Waals surface area contributed by atoms with Gasteiger partial charge in [0.2, 0.25) is 0 Å². The molecule has 0 saturated carbocycles. The minimum absolute atomic E-state index is 0.716. The standard InChI is InChI=1S/C11H13N5.C2H6/c1-8(12-2)10-9(7-14-11(10)13-3)16-6-4-5-15-16;1-2/h4-7,14H,3H2,1-2H3;1-2H3. The van der Waals surface area contributed by atoms with Crippen LogP contribution in [0.1, 0.15) is 26.3 Å². The Labute approximate surface area is 107 Å². The van der Waals surface area contributed by atoms with Gasteiger partial charge in [-0.15, -0.1) is 0 Å². The zero-order valence-corrected chi connectivity index (χ0v) is 11.3. The van der Waals surface area contributed by atoms with E-state index in [1.54, 1.807) is 17.9 Å². The molecule has 0 spiro atoms. The Hall–Kier alpha value is -2.17. The van der Waals surface area contributed by atoms with Crippen LogP contribution in [0, 0.1) is 0 Å². The molecule has 0 saturated heterocycles. The van der Waals surface area contributed by atoms with Crippen molar-refractivity contribution in [2.24, 2.45) is 9.98 Å². The largest absolute Gasteiger partial charge is 0.344 e. The van der Waals surface area contributed by atoms with Crippen molar-refractivity contribution in [3.8, 4) is 5.69 Å². The third-order valence-corrected chi connectivity index (χ3v) is 2.45. The maximum atomic E-state index is 4.19. The molecular weight excluding hydrogens is 226 g/mol. The van der Waals surface area contributed by atoms with Gasteiger partial charge in [-0.2, -0.15) is 5.10 Å². The monoisotopic (exact) mass is 245 g/mol. The highest BCUT2D eigenvalue weighted by Crippen LogP contribution is 2.25. The number of aromatic nitrogens is 3. The second-order valence-electron chi connectivity index (χ2n) is 3.32. The molecule has 2 rings (SSSR count). The molecule has 0 aliphatic rings. The summed E-state index contributed by atoms with van der Waals surface area (Å²) in [6.45, 7) is 9.47. The van der Waals surface area contributed by atoms with E-state index in [9.17, 15) is 0 Å². The van der Waals surface area contributed by atoms with Gasteiger partial charge in [-0.25, -0.2) is 9.67 Å². The van der Waals surface area contributed by atoms with Crippen LogP contribution in [0.5, 0.6) is 0 Å². The molecule has 2 aromatic heterocycles. The van der Waals surface area contributed by atoms with Gasteiger partial charge in [-0.3, -0.25) is 4.99 Å². The van der Waals surface area contributed by atoms with E-state index >= 15 is 0 Å². The van der Waals surface area contributed by atoms with Crippen LogP contribution in [0.2, 0.25) is 0 Å². The summed E-state index contributed by atoms with van der Waals surface area (Å²) in [4.78, 5) is 11.2. The predicted molar refractivity (Wildman–Crippen MR) is 76.6 cm³/mol. The fourth-order valence-electron chi connectivity index (χ4n) is 1.59. The number of rotatable bonds is 3. The zero-order valence-electron chi connectivity index (χ0n) is 11.3. The van der Waals surface area contributed by atoms with Crippen molar-refractivity contribution in [1.29, 1.82) is 0 Å². The van der Waals surface area contributed by atoms with Gasteiger partial charge in [-0.05, 0) is 19.7 Å². The summed E-state index contributed by atoms with van der Waals surface area (Å²) in [6, 6.07) is 1.87. The first-order valence-electron chi connectivity index (χ1n) is 5.89. The summed E-state index contributed by atoms with van der Waals surface area (Å²) < 4.78 is 1.77. The third-order valence-electron chi connectivity index (χ3n) is 2.45. The summed E-state index contributed by atoms with van der Waals surface area (Å²) >= 11 is 0. The Kier molecular flexibility index (Phi) is 5.05. The highest BCUT2D eigenvalue weighted by molar-refractivity contribution is 6.05. The fraction of sp³-hybridized carbons (Fsp3) is 0.308. The summed E-state index contributed by atoms with van der Waals surface area (Å²) in [7, 11) is 1.75. The Bertz CT molecular complexity index is 520. The molecule has 2 aromatic rings. The van der Waals surface area contributed by atoms with Gasteiger partial charge >= 0.3 is 0 Å². The molecular formula is C13H19N5. The van der Waals surface area contributed by atoms with Gasteiger partial charge < -0.3 is 4.98 Å². The van der Waals surface area contributed by atoms with E-state index in [4.69, 9.17) is 0 Å². The first-order chi connectivity index (χ1) is 8.77. The number of hydrogen-bond acceptors (Lipinski definition) is 3. The van der Waals surface area contributed by atoms with Crippen molar-refractivity contribution in [3.05, 3.63) is 30.2 Å². The lowest BCUT2D eigenvalue weighted by Gasteiger charge is -2.03. The normalized spacial score (nSPS) is 10.8. The smallest absolute Gasteiger partial charge is 0.140 e. The molecule has 5 nitrogen and oxygen atoms in total. The van der Waals surface area contributed by atoms with Crippen LogP contribution >= 0.6 is 0 Å². The first kappa shape index (κ1) is 13.9. The van der Waals surface area contributed by atoms with E-state index in [0.717, 1.165) is 17.0 Å². The molecule has 5 heteroatoms. The molecule has 0 amide bonds. The molecule has 0 aromatic carbocycles. The molecule has 0 fully saturated rings. The second-order valence-corrected chi connectivity index (χ2v) is 3.32. The minimum Gasteiger partial charge on any atom is -0.344 e. The molecule has 0 aliphatic carbocycles. The molecule has 0 unspecified atom stereocenters. The van der Waals surface area contributed by atoms with Gasteiger partial charge in [0.25, 0.3) is 0 Å². The average Bonchev–Trinajstić information content (AvgIpc) is 3.08. The molecule has 2 heterocycles. The lowest BCUT2D eigenvalue weighted by Crippen LogP contribution is -2.01. The van der Waals surface area contributed by atoms with Crippen LogP contribution in [0.4, 0.5) is 5.82 Å². The van der Waals surface area contributed by atoms with Crippen LogP contribution < -0.4 is 0 Å². The van der Waals surface area contributed by atoms with Crippen molar-refractivity contribution >= 4 is 18.2 Å². The van der Waals surface area contributed by atoms with Crippen molar-refractivity contribution in [3.63, 3.8) is 0 Å². The number of aromatic amines is 1. The van der Waals surface area contributed by atoms with Gasteiger partial charge in [-0.1, -0.05) is 13.8 Å². The van der Waals surface area contributed by atoms with Crippen LogP contribution in [0.3, 0.4) is 0 Å². The maximum Gasteiger partial charge on any atom is 0.140 e. The highest BCUT2D eigenvalue weighted by atomic mass is 15.3. The average molecular weight is 245 g/mol. The van der Waals surface area contributed by atoms with Crippen molar-refractivity contribution in [2.45, 2.75) is 20.8 Å².